The SMILES string of the molecule is COc1ccc(C(=O)C2CCCNC2)c(N)c1. The molecule has 1 aliphatic rings. The summed E-state index contributed by atoms with van der Waals surface area (Å²) in [5.41, 5.74) is 6.99. The molecular formula is C13H18N2O2. The number of methoxy groups -OCH3 is 1. The predicted molar refractivity (Wildman–Crippen MR) is 67.3 cm³/mol. The molecule has 1 fully saturated rings. The molecule has 0 spiro atoms. The Kier molecular flexibility index (Phi) is 3.64. The summed E-state index contributed by atoms with van der Waals surface area (Å²) >= 11 is 0. The van der Waals surface area contributed by atoms with Crippen LogP contribution in [0.2, 0.25) is 0 Å². The summed E-state index contributed by atoms with van der Waals surface area (Å²) in [6.45, 7) is 1.76. The maximum absolute atomic E-state index is 12.3. The van der Waals surface area contributed by atoms with Gasteiger partial charge in [-0.15, -0.1) is 0 Å². The number of nitrogen functional groups attached to an aromatic ring is 1. The van der Waals surface area contributed by atoms with Crippen molar-refractivity contribution in [1.29, 1.82) is 0 Å². The second kappa shape index (κ2) is 5.19. The number of anilines is 1. The predicted octanol–water partition coefficient (Wildman–Crippen LogP) is 1.46. The summed E-state index contributed by atoms with van der Waals surface area (Å²) in [5.74, 6) is 0.873. The van der Waals surface area contributed by atoms with Crippen LogP contribution in [0.1, 0.15) is 23.2 Å². The Balaban J connectivity index is 2.18. The van der Waals surface area contributed by atoms with Gasteiger partial charge in [0.25, 0.3) is 0 Å². The Morgan fingerprint density at radius 1 is 1.53 bits per heavy atom. The van der Waals surface area contributed by atoms with Gasteiger partial charge in [0, 0.05) is 29.8 Å². The van der Waals surface area contributed by atoms with Gasteiger partial charge in [-0.25, -0.2) is 0 Å². The Morgan fingerprint density at radius 2 is 2.35 bits per heavy atom. The smallest absolute Gasteiger partial charge is 0.169 e. The van der Waals surface area contributed by atoms with Crippen LogP contribution in [0.4, 0.5) is 5.69 Å². The molecule has 1 saturated heterocycles. The number of Topliss-reactive ketones (excluding diaryl/α,β-unsaturated/α-hetero) is 1. The largest absolute Gasteiger partial charge is 0.497 e. The molecule has 0 aromatic heterocycles. The van der Waals surface area contributed by atoms with Crippen molar-refractivity contribution in [1.82, 2.24) is 5.32 Å². The minimum atomic E-state index is 0.0550. The van der Waals surface area contributed by atoms with Gasteiger partial charge in [-0.05, 0) is 31.5 Å². The van der Waals surface area contributed by atoms with E-state index < -0.39 is 0 Å². The van der Waals surface area contributed by atoms with Gasteiger partial charge in [-0.1, -0.05) is 0 Å². The molecule has 3 N–H and O–H groups in total. The summed E-state index contributed by atoms with van der Waals surface area (Å²) in [7, 11) is 1.58. The number of ether oxygens (including phenoxy) is 1. The highest BCUT2D eigenvalue weighted by atomic mass is 16.5. The Morgan fingerprint density at radius 3 is 2.94 bits per heavy atom. The van der Waals surface area contributed by atoms with Gasteiger partial charge >= 0.3 is 0 Å². The van der Waals surface area contributed by atoms with Crippen LogP contribution in [-0.4, -0.2) is 26.0 Å². The number of hydrogen-bond acceptors (Lipinski definition) is 4. The third-order valence-corrected chi connectivity index (χ3v) is 3.19. The lowest BCUT2D eigenvalue weighted by atomic mass is 9.90. The lowest BCUT2D eigenvalue weighted by Gasteiger charge is -2.22. The molecule has 0 aliphatic carbocycles. The standard InChI is InChI=1S/C13H18N2O2/c1-17-10-4-5-11(12(14)7-10)13(16)9-3-2-6-15-8-9/h4-5,7,9,15H,2-3,6,8,14H2,1H3. The molecule has 0 amide bonds. The van der Waals surface area contributed by atoms with E-state index in [-0.39, 0.29) is 11.7 Å². The Labute approximate surface area is 101 Å². The quantitative estimate of drug-likeness (QED) is 0.614. The van der Waals surface area contributed by atoms with Crippen molar-refractivity contribution < 1.29 is 9.53 Å². The van der Waals surface area contributed by atoms with Crippen molar-refractivity contribution in [3.63, 3.8) is 0 Å². The fourth-order valence-electron chi connectivity index (χ4n) is 2.19. The molecule has 1 aromatic carbocycles. The number of hydrogen-bond donors (Lipinski definition) is 2. The van der Waals surface area contributed by atoms with Gasteiger partial charge in [0.05, 0.1) is 7.11 Å². The van der Waals surface area contributed by atoms with Gasteiger partial charge < -0.3 is 15.8 Å². The second-order valence-corrected chi connectivity index (χ2v) is 4.36. The number of benzene rings is 1. The molecule has 4 nitrogen and oxygen atoms in total. The van der Waals surface area contributed by atoms with Crippen LogP contribution >= 0.6 is 0 Å². The molecule has 0 bridgehead atoms. The van der Waals surface area contributed by atoms with Crippen molar-refractivity contribution in [3.05, 3.63) is 23.8 Å². The van der Waals surface area contributed by atoms with Crippen LogP contribution in [0.3, 0.4) is 0 Å². The Bertz CT molecular complexity index is 412. The fourth-order valence-corrected chi connectivity index (χ4v) is 2.19. The third-order valence-electron chi connectivity index (χ3n) is 3.19. The molecular weight excluding hydrogens is 216 g/mol. The molecule has 1 aliphatic heterocycles. The summed E-state index contributed by atoms with van der Waals surface area (Å²) in [6.07, 6.45) is 1.99. The van der Waals surface area contributed by atoms with E-state index in [1.165, 1.54) is 0 Å². The first-order chi connectivity index (χ1) is 8.22. The zero-order valence-electron chi connectivity index (χ0n) is 10.0. The highest BCUT2D eigenvalue weighted by Gasteiger charge is 2.23. The maximum Gasteiger partial charge on any atom is 0.169 e. The molecule has 1 heterocycles. The van der Waals surface area contributed by atoms with Crippen LogP contribution in [0.15, 0.2) is 18.2 Å². The number of nitrogens with two attached hydrogens (primary N) is 1. The van der Waals surface area contributed by atoms with E-state index in [9.17, 15) is 4.79 Å². The molecule has 4 heteroatoms. The number of piperidine rings is 1. The summed E-state index contributed by atoms with van der Waals surface area (Å²) < 4.78 is 5.07. The maximum atomic E-state index is 12.3. The first-order valence-corrected chi connectivity index (χ1v) is 5.91. The van der Waals surface area contributed by atoms with Crippen LogP contribution < -0.4 is 15.8 Å². The van der Waals surface area contributed by atoms with Crippen molar-refractivity contribution >= 4 is 11.5 Å². The van der Waals surface area contributed by atoms with E-state index >= 15 is 0 Å². The summed E-state index contributed by atoms with van der Waals surface area (Å²) in [4.78, 5) is 12.3. The van der Waals surface area contributed by atoms with Crippen LogP contribution in [0.5, 0.6) is 5.75 Å². The van der Waals surface area contributed by atoms with Gasteiger partial charge in [0.15, 0.2) is 5.78 Å². The van der Waals surface area contributed by atoms with E-state index in [4.69, 9.17) is 10.5 Å². The van der Waals surface area contributed by atoms with Crippen molar-refractivity contribution in [2.75, 3.05) is 25.9 Å². The van der Waals surface area contributed by atoms with Crippen LogP contribution in [0.25, 0.3) is 0 Å². The zero-order valence-corrected chi connectivity index (χ0v) is 10.0. The number of carbonyl (C=O) groups is 1. The average molecular weight is 234 g/mol. The summed E-state index contributed by atoms with van der Waals surface area (Å²) in [6, 6.07) is 5.23. The first kappa shape index (κ1) is 11.9. The van der Waals surface area contributed by atoms with Gasteiger partial charge in [0.1, 0.15) is 5.75 Å². The van der Waals surface area contributed by atoms with Crippen molar-refractivity contribution in [3.8, 4) is 5.75 Å². The number of carbonyl (C=O) groups excluding carboxylic acids is 1. The van der Waals surface area contributed by atoms with E-state index in [0.717, 1.165) is 25.9 Å². The minimum Gasteiger partial charge on any atom is -0.497 e. The zero-order chi connectivity index (χ0) is 12.3. The highest BCUT2D eigenvalue weighted by Crippen LogP contribution is 2.24. The van der Waals surface area contributed by atoms with Crippen molar-refractivity contribution in [2.24, 2.45) is 5.92 Å². The lowest BCUT2D eigenvalue weighted by Crippen LogP contribution is -2.34. The highest BCUT2D eigenvalue weighted by molar-refractivity contribution is 6.02. The first-order valence-electron chi connectivity index (χ1n) is 5.91. The van der Waals surface area contributed by atoms with Gasteiger partial charge in [-0.2, -0.15) is 0 Å². The monoisotopic (exact) mass is 234 g/mol. The molecule has 1 aromatic rings. The molecule has 92 valence electrons. The van der Waals surface area contributed by atoms with Gasteiger partial charge in [0.2, 0.25) is 0 Å². The Hall–Kier alpha value is -1.55. The van der Waals surface area contributed by atoms with E-state index in [1.54, 1.807) is 25.3 Å². The van der Waals surface area contributed by atoms with E-state index in [0.29, 0.717) is 17.0 Å². The molecule has 17 heavy (non-hydrogen) atoms. The molecule has 1 atom stereocenters. The number of nitrogens with one attached hydrogen (secondary N) is 1. The average Bonchev–Trinajstić information content (AvgIpc) is 2.39. The van der Waals surface area contributed by atoms with Crippen molar-refractivity contribution in [2.45, 2.75) is 12.8 Å². The topological polar surface area (TPSA) is 64.3 Å². The second-order valence-electron chi connectivity index (χ2n) is 4.36. The van der Waals surface area contributed by atoms with E-state index in [2.05, 4.69) is 5.32 Å². The number of rotatable bonds is 3. The minimum absolute atomic E-state index is 0.0550. The van der Waals surface area contributed by atoms with Crippen LogP contribution in [-0.2, 0) is 0 Å². The number of ketones is 1. The normalized spacial score (nSPS) is 19.9. The molecule has 0 saturated carbocycles. The summed E-state index contributed by atoms with van der Waals surface area (Å²) in [5, 5.41) is 3.24. The molecule has 2 rings (SSSR count). The molecule has 0 radical (unpaired) electrons. The van der Waals surface area contributed by atoms with Crippen LogP contribution in [0, 0.1) is 5.92 Å². The molecule has 1 unspecified atom stereocenters. The third kappa shape index (κ3) is 2.58. The van der Waals surface area contributed by atoms with E-state index in [1.807, 2.05) is 0 Å². The van der Waals surface area contributed by atoms with Gasteiger partial charge in [-0.3, -0.25) is 4.79 Å². The lowest BCUT2D eigenvalue weighted by molar-refractivity contribution is 0.0900. The fraction of sp³-hybridized carbons (Fsp3) is 0.462.